The second kappa shape index (κ2) is 8.59. The lowest BCUT2D eigenvalue weighted by atomic mass is 10.1. The summed E-state index contributed by atoms with van der Waals surface area (Å²) in [5.41, 5.74) is 3.61. The maximum absolute atomic E-state index is 5.87. The Balaban J connectivity index is 1.33. The molecule has 0 atom stereocenters. The number of hydrogen-bond acceptors (Lipinski definition) is 4. The molecule has 0 saturated carbocycles. The molecular formula is C23H23N3O2. The predicted molar refractivity (Wildman–Crippen MR) is 111 cm³/mol. The van der Waals surface area contributed by atoms with E-state index in [0.29, 0.717) is 0 Å². The van der Waals surface area contributed by atoms with Gasteiger partial charge < -0.3 is 19.8 Å². The van der Waals surface area contributed by atoms with Gasteiger partial charge in [0, 0.05) is 36.0 Å². The van der Waals surface area contributed by atoms with E-state index in [1.165, 1.54) is 16.5 Å². The fourth-order valence-corrected chi connectivity index (χ4v) is 3.21. The van der Waals surface area contributed by atoms with Crippen molar-refractivity contribution in [3.63, 3.8) is 0 Å². The Morgan fingerprint density at radius 3 is 2.71 bits per heavy atom. The summed E-state index contributed by atoms with van der Waals surface area (Å²) < 4.78 is 11.2. The molecule has 0 amide bonds. The Morgan fingerprint density at radius 2 is 1.86 bits per heavy atom. The van der Waals surface area contributed by atoms with Gasteiger partial charge in [-0.1, -0.05) is 12.1 Å². The van der Waals surface area contributed by atoms with E-state index in [1.54, 1.807) is 19.5 Å². The number of rotatable bonds is 8. The number of hydrogen-bond donors (Lipinski definition) is 2. The third-order valence-electron chi connectivity index (χ3n) is 4.66. The van der Waals surface area contributed by atoms with Crippen LogP contribution in [0.1, 0.15) is 11.1 Å². The fourth-order valence-electron chi connectivity index (χ4n) is 3.21. The van der Waals surface area contributed by atoms with Gasteiger partial charge in [-0.15, -0.1) is 0 Å². The van der Waals surface area contributed by atoms with Crippen LogP contribution in [0.15, 0.2) is 73.2 Å². The summed E-state index contributed by atoms with van der Waals surface area (Å²) in [5, 5.41) is 4.73. The molecule has 0 radical (unpaired) electrons. The first kappa shape index (κ1) is 18.1. The summed E-state index contributed by atoms with van der Waals surface area (Å²) in [6, 6.07) is 17.9. The highest BCUT2D eigenvalue weighted by Crippen LogP contribution is 2.24. The Hall–Kier alpha value is -3.31. The van der Waals surface area contributed by atoms with Crippen LogP contribution in [0.3, 0.4) is 0 Å². The van der Waals surface area contributed by atoms with Gasteiger partial charge >= 0.3 is 0 Å². The molecule has 142 valence electrons. The van der Waals surface area contributed by atoms with Gasteiger partial charge in [0.25, 0.3) is 0 Å². The quantitative estimate of drug-likeness (QED) is 0.440. The van der Waals surface area contributed by atoms with Crippen molar-refractivity contribution >= 4 is 10.9 Å². The van der Waals surface area contributed by atoms with Gasteiger partial charge in [-0.25, -0.2) is 0 Å². The lowest BCUT2D eigenvalue weighted by Crippen LogP contribution is -2.16. The van der Waals surface area contributed by atoms with E-state index in [2.05, 4.69) is 45.7 Å². The second-order valence-electron chi connectivity index (χ2n) is 6.58. The van der Waals surface area contributed by atoms with Crippen molar-refractivity contribution in [3.05, 3.63) is 84.3 Å². The number of aromatic nitrogens is 2. The Kier molecular flexibility index (Phi) is 5.54. The normalized spacial score (nSPS) is 10.9. The minimum absolute atomic E-state index is 0.787. The van der Waals surface area contributed by atoms with E-state index < -0.39 is 0 Å². The van der Waals surface area contributed by atoms with Crippen molar-refractivity contribution in [3.8, 4) is 17.2 Å². The lowest BCUT2D eigenvalue weighted by molar-refractivity contribution is 0.415. The van der Waals surface area contributed by atoms with Gasteiger partial charge in [-0.3, -0.25) is 4.98 Å². The number of nitrogens with one attached hydrogen (secondary N) is 2. The highest BCUT2D eigenvalue weighted by Gasteiger charge is 2.05. The maximum Gasteiger partial charge on any atom is 0.130 e. The standard InChI is InChI=1S/C23H23N3O2/c1-27-20-5-6-23-22(14-20)18(16-26-23)7-10-25-15-17-3-2-4-21(13-17)28-19-8-11-24-12-9-19/h2-6,8-9,11-14,16,25-26H,7,10,15H2,1H3. The molecule has 2 heterocycles. The highest BCUT2D eigenvalue weighted by molar-refractivity contribution is 5.84. The zero-order valence-corrected chi connectivity index (χ0v) is 15.8. The first-order chi connectivity index (χ1) is 13.8. The van der Waals surface area contributed by atoms with Crippen LogP contribution in [-0.4, -0.2) is 23.6 Å². The van der Waals surface area contributed by atoms with Crippen molar-refractivity contribution in [2.24, 2.45) is 0 Å². The molecule has 0 spiro atoms. The molecule has 2 aromatic carbocycles. The van der Waals surface area contributed by atoms with E-state index in [9.17, 15) is 0 Å². The van der Waals surface area contributed by atoms with Gasteiger partial charge in [0.1, 0.15) is 17.2 Å². The minimum Gasteiger partial charge on any atom is -0.497 e. The van der Waals surface area contributed by atoms with E-state index in [4.69, 9.17) is 9.47 Å². The number of ether oxygens (including phenoxy) is 2. The Morgan fingerprint density at radius 1 is 0.964 bits per heavy atom. The van der Waals surface area contributed by atoms with Crippen molar-refractivity contribution in [2.75, 3.05) is 13.7 Å². The minimum atomic E-state index is 0.787. The van der Waals surface area contributed by atoms with Crippen molar-refractivity contribution in [1.29, 1.82) is 0 Å². The molecule has 2 aromatic heterocycles. The lowest BCUT2D eigenvalue weighted by Gasteiger charge is -2.09. The summed E-state index contributed by atoms with van der Waals surface area (Å²) >= 11 is 0. The molecule has 28 heavy (non-hydrogen) atoms. The number of fused-ring (bicyclic) bond motifs is 1. The molecule has 2 N–H and O–H groups in total. The van der Waals surface area contributed by atoms with Crippen molar-refractivity contribution in [1.82, 2.24) is 15.3 Å². The molecule has 0 saturated heterocycles. The molecule has 0 aliphatic carbocycles. The van der Waals surface area contributed by atoms with E-state index >= 15 is 0 Å². The fraction of sp³-hybridized carbons (Fsp3) is 0.174. The zero-order valence-electron chi connectivity index (χ0n) is 15.8. The number of pyridine rings is 1. The van der Waals surface area contributed by atoms with Crippen LogP contribution in [0.4, 0.5) is 0 Å². The molecule has 0 bridgehead atoms. The number of H-pyrrole nitrogens is 1. The summed E-state index contributed by atoms with van der Waals surface area (Å²) in [7, 11) is 1.70. The van der Waals surface area contributed by atoms with Gasteiger partial charge in [-0.05, 0) is 66.6 Å². The Bertz CT molecular complexity index is 1040. The van der Waals surface area contributed by atoms with Crippen LogP contribution in [0.25, 0.3) is 10.9 Å². The molecular weight excluding hydrogens is 350 g/mol. The molecule has 0 aliphatic heterocycles. The van der Waals surface area contributed by atoms with Gasteiger partial charge in [0.05, 0.1) is 7.11 Å². The van der Waals surface area contributed by atoms with Crippen LogP contribution in [0, 0.1) is 0 Å². The largest absolute Gasteiger partial charge is 0.497 e. The summed E-state index contributed by atoms with van der Waals surface area (Å²) in [6.45, 7) is 1.68. The number of nitrogens with zero attached hydrogens (tertiary/aromatic N) is 1. The number of methoxy groups -OCH3 is 1. The molecule has 0 aliphatic rings. The predicted octanol–water partition coefficient (Wildman–Crippen LogP) is 4.70. The van der Waals surface area contributed by atoms with Crippen LogP contribution >= 0.6 is 0 Å². The van der Waals surface area contributed by atoms with Crippen molar-refractivity contribution < 1.29 is 9.47 Å². The number of aromatic amines is 1. The third kappa shape index (κ3) is 4.32. The monoisotopic (exact) mass is 373 g/mol. The van der Waals surface area contributed by atoms with Crippen LogP contribution < -0.4 is 14.8 Å². The van der Waals surface area contributed by atoms with E-state index in [-0.39, 0.29) is 0 Å². The van der Waals surface area contributed by atoms with Crippen molar-refractivity contribution in [2.45, 2.75) is 13.0 Å². The third-order valence-corrected chi connectivity index (χ3v) is 4.66. The summed E-state index contributed by atoms with van der Waals surface area (Å²) in [5.74, 6) is 2.50. The van der Waals surface area contributed by atoms with Gasteiger partial charge in [0.15, 0.2) is 0 Å². The van der Waals surface area contributed by atoms with Crippen LogP contribution in [0.2, 0.25) is 0 Å². The molecule has 0 fully saturated rings. The molecule has 5 nitrogen and oxygen atoms in total. The zero-order chi connectivity index (χ0) is 19.2. The molecule has 4 aromatic rings. The van der Waals surface area contributed by atoms with Gasteiger partial charge in [0.2, 0.25) is 0 Å². The first-order valence-corrected chi connectivity index (χ1v) is 9.33. The highest BCUT2D eigenvalue weighted by atomic mass is 16.5. The van der Waals surface area contributed by atoms with Gasteiger partial charge in [-0.2, -0.15) is 0 Å². The number of benzene rings is 2. The topological polar surface area (TPSA) is 59.2 Å². The van der Waals surface area contributed by atoms with E-state index in [0.717, 1.165) is 42.3 Å². The summed E-state index contributed by atoms with van der Waals surface area (Å²) in [4.78, 5) is 7.33. The smallest absolute Gasteiger partial charge is 0.130 e. The maximum atomic E-state index is 5.87. The van der Waals surface area contributed by atoms with Crippen LogP contribution in [-0.2, 0) is 13.0 Å². The second-order valence-corrected chi connectivity index (χ2v) is 6.58. The first-order valence-electron chi connectivity index (χ1n) is 9.33. The summed E-state index contributed by atoms with van der Waals surface area (Å²) in [6.07, 6.45) is 6.47. The average Bonchev–Trinajstić information content (AvgIpc) is 3.14. The van der Waals surface area contributed by atoms with Crippen LogP contribution in [0.5, 0.6) is 17.2 Å². The molecule has 4 rings (SSSR count). The Labute approximate surface area is 164 Å². The molecule has 0 unspecified atom stereocenters. The average molecular weight is 373 g/mol. The SMILES string of the molecule is COc1ccc2[nH]cc(CCNCc3cccc(Oc4ccncc4)c3)c2c1. The molecule has 5 heteroatoms. The van der Waals surface area contributed by atoms with E-state index in [1.807, 2.05) is 30.3 Å².